The van der Waals surface area contributed by atoms with E-state index < -0.39 is 40.1 Å². The van der Waals surface area contributed by atoms with Gasteiger partial charge in [-0.05, 0) is 25.0 Å². The van der Waals surface area contributed by atoms with Crippen LogP contribution in [-0.4, -0.2) is 22.2 Å². The monoisotopic (exact) mass is 242 g/mol. The molecule has 1 aliphatic rings. The molecule has 0 radical (unpaired) electrons. The number of aliphatic carboxylic acids is 1. The Labute approximate surface area is 94.5 Å². The second-order valence-electron chi connectivity index (χ2n) is 4.01. The summed E-state index contributed by atoms with van der Waals surface area (Å²) >= 11 is 0. The van der Waals surface area contributed by atoms with Gasteiger partial charge >= 0.3 is 11.9 Å². The van der Waals surface area contributed by atoms with Gasteiger partial charge in [0, 0.05) is 5.56 Å². The lowest BCUT2D eigenvalue weighted by Crippen LogP contribution is -2.23. The predicted octanol–water partition coefficient (Wildman–Crippen LogP) is 1.78. The average Bonchev–Trinajstić information content (AvgIpc) is 2.97. The SMILES string of the molecule is O=C(O)c1cc(F)c(C2(C(=O)O)CC2)c(F)c1. The number of halogens is 2. The van der Waals surface area contributed by atoms with Crippen molar-refractivity contribution in [3.63, 3.8) is 0 Å². The molecule has 0 heterocycles. The van der Waals surface area contributed by atoms with Crippen LogP contribution in [0.25, 0.3) is 0 Å². The van der Waals surface area contributed by atoms with Crippen molar-refractivity contribution in [3.8, 4) is 0 Å². The molecule has 6 heteroatoms. The largest absolute Gasteiger partial charge is 0.481 e. The van der Waals surface area contributed by atoms with Crippen molar-refractivity contribution in [1.29, 1.82) is 0 Å². The van der Waals surface area contributed by atoms with E-state index in [0.717, 1.165) is 0 Å². The summed E-state index contributed by atoms with van der Waals surface area (Å²) < 4.78 is 27.2. The molecule has 0 bridgehead atoms. The van der Waals surface area contributed by atoms with E-state index in [2.05, 4.69) is 0 Å². The Morgan fingerprint density at radius 3 is 1.88 bits per heavy atom. The van der Waals surface area contributed by atoms with Crippen molar-refractivity contribution in [2.24, 2.45) is 0 Å². The molecule has 2 N–H and O–H groups in total. The first kappa shape index (κ1) is 11.5. The van der Waals surface area contributed by atoms with Gasteiger partial charge in [0.1, 0.15) is 11.6 Å². The molecule has 1 aromatic rings. The lowest BCUT2D eigenvalue weighted by Gasteiger charge is -2.12. The number of carboxylic acid groups (broad SMARTS) is 2. The topological polar surface area (TPSA) is 74.6 Å². The molecule has 1 aliphatic carbocycles. The van der Waals surface area contributed by atoms with E-state index in [0.29, 0.717) is 12.1 Å². The van der Waals surface area contributed by atoms with Gasteiger partial charge in [-0.3, -0.25) is 4.79 Å². The first-order chi connectivity index (χ1) is 7.88. The normalized spacial score (nSPS) is 16.6. The van der Waals surface area contributed by atoms with Gasteiger partial charge in [0.25, 0.3) is 0 Å². The summed E-state index contributed by atoms with van der Waals surface area (Å²) in [5.41, 5.74) is -2.61. The molecule has 0 unspecified atom stereocenters. The Kier molecular flexibility index (Phi) is 2.38. The third-order valence-electron chi connectivity index (χ3n) is 2.93. The van der Waals surface area contributed by atoms with Crippen LogP contribution >= 0.6 is 0 Å². The number of benzene rings is 1. The molecule has 1 saturated carbocycles. The second-order valence-corrected chi connectivity index (χ2v) is 4.01. The Morgan fingerprint density at radius 1 is 1.12 bits per heavy atom. The smallest absolute Gasteiger partial charge is 0.335 e. The highest BCUT2D eigenvalue weighted by Crippen LogP contribution is 2.50. The van der Waals surface area contributed by atoms with Gasteiger partial charge in [-0.25, -0.2) is 13.6 Å². The fraction of sp³-hybridized carbons (Fsp3) is 0.273. The summed E-state index contributed by atoms with van der Waals surface area (Å²) in [6, 6.07) is 1.29. The summed E-state index contributed by atoms with van der Waals surface area (Å²) in [5.74, 6) is -5.00. The number of hydrogen-bond donors (Lipinski definition) is 2. The Morgan fingerprint density at radius 2 is 1.59 bits per heavy atom. The third-order valence-corrected chi connectivity index (χ3v) is 2.93. The van der Waals surface area contributed by atoms with E-state index in [1.54, 1.807) is 0 Å². The standard InChI is InChI=1S/C11H8F2O4/c12-6-3-5(9(14)15)4-7(13)8(6)11(1-2-11)10(16)17/h3-4H,1-2H2,(H,14,15)(H,16,17). The zero-order valence-corrected chi connectivity index (χ0v) is 8.54. The Balaban J connectivity index is 2.57. The van der Waals surface area contributed by atoms with Crippen LogP contribution in [0.5, 0.6) is 0 Å². The van der Waals surface area contributed by atoms with Gasteiger partial charge in [0.2, 0.25) is 0 Å². The molecular weight excluding hydrogens is 234 g/mol. The lowest BCUT2D eigenvalue weighted by atomic mass is 9.93. The van der Waals surface area contributed by atoms with Gasteiger partial charge in [-0.15, -0.1) is 0 Å². The van der Waals surface area contributed by atoms with Crippen LogP contribution in [0.15, 0.2) is 12.1 Å². The van der Waals surface area contributed by atoms with Gasteiger partial charge in [-0.2, -0.15) is 0 Å². The summed E-state index contributed by atoms with van der Waals surface area (Å²) in [5, 5.41) is 17.5. The van der Waals surface area contributed by atoms with Crippen molar-refractivity contribution < 1.29 is 28.6 Å². The van der Waals surface area contributed by atoms with Crippen LogP contribution in [0.1, 0.15) is 28.8 Å². The highest BCUT2D eigenvalue weighted by Gasteiger charge is 2.55. The van der Waals surface area contributed by atoms with Gasteiger partial charge in [0.05, 0.1) is 11.0 Å². The van der Waals surface area contributed by atoms with Crippen LogP contribution in [-0.2, 0) is 10.2 Å². The first-order valence-electron chi connectivity index (χ1n) is 4.85. The summed E-state index contributed by atoms with van der Waals surface area (Å²) in [6.45, 7) is 0. The molecule has 0 amide bonds. The summed E-state index contributed by atoms with van der Waals surface area (Å²) in [7, 11) is 0. The highest BCUT2D eigenvalue weighted by atomic mass is 19.1. The quantitative estimate of drug-likeness (QED) is 0.847. The maximum atomic E-state index is 13.6. The van der Waals surface area contributed by atoms with E-state index in [1.807, 2.05) is 0 Å². The number of rotatable bonds is 3. The van der Waals surface area contributed by atoms with Crippen LogP contribution in [0.2, 0.25) is 0 Å². The molecule has 1 fully saturated rings. The van der Waals surface area contributed by atoms with E-state index >= 15 is 0 Å². The van der Waals surface area contributed by atoms with Crippen LogP contribution in [0, 0.1) is 11.6 Å². The van der Waals surface area contributed by atoms with Crippen molar-refractivity contribution >= 4 is 11.9 Å². The average molecular weight is 242 g/mol. The minimum atomic E-state index is -1.52. The molecule has 4 nitrogen and oxygen atoms in total. The van der Waals surface area contributed by atoms with Crippen LogP contribution in [0.3, 0.4) is 0 Å². The molecule has 0 aromatic heterocycles. The fourth-order valence-corrected chi connectivity index (χ4v) is 1.85. The molecule has 0 aliphatic heterocycles. The first-order valence-corrected chi connectivity index (χ1v) is 4.85. The molecule has 1 aromatic carbocycles. The van der Waals surface area contributed by atoms with Crippen LogP contribution < -0.4 is 0 Å². The maximum Gasteiger partial charge on any atom is 0.335 e. The fourth-order valence-electron chi connectivity index (χ4n) is 1.85. The number of carbonyl (C=O) groups is 2. The number of aromatic carboxylic acids is 1. The molecule has 17 heavy (non-hydrogen) atoms. The Bertz CT molecular complexity index is 497. The van der Waals surface area contributed by atoms with Crippen molar-refractivity contribution in [2.45, 2.75) is 18.3 Å². The van der Waals surface area contributed by atoms with Crippen molar-refractivity contribution in [1.82, 2.24) is 0 Å². The molecule has 0 saturated heterocycles. The predicted molar refractivity (Wildman–Crippen MR) is 51.9 cm³/mol. The second kappa shape index (κ2) is 3.51. The minimum absolute atomic E-state index is 0.155. The molecule has 0 atom stereocenters. The van der Waals surface area contributed by atoms with E-state index in [4.69, 9.17) is 10.2 Å². The van der Waals surface area contributed by atoms with E-state index in [9.17, 15) is 18.4 Å². The molecule has 2 rings (SSSR count). The molecule has 0 spiro atoms. The van der Waals surface area contributed by atoms with E-state index in [-0.39, 0.29) is 12.8 Å². The molecular formula is C11H8F2O4. The lowest BCUT2D eigenvalue weighted by molar-refractivity contribution is -0.140. The maximum absolute atomic E-state index is 13.6. The summed E-state index contributed by atoms with van der Waals surface area (Å²) in [4.78, 5) is 21.5. The van der Waals surface area contributed by atoms with Crippen molar-refractivity contribution in [3.05, 3.63) is 34.9 Å². The third kappa shape index (κ3) is 1.65. The van der Waals surface area contributed by atoms with Gasteiger partial charge in [0.15, 0.2) is 0 Å². The van der Waals surface area contributed by atoms with Gasteiger partial charge < -0.3 is 10.2 Å². The zero-order chi connectivity index (χ0) is 12.8. The zero-order valence-electron chi connectivity index (χ0n) is 8.54. The van der Waals surface area contributed by atoms with E-state index in [1.165, 1.54) is 0 Å². The van der Waals surface area contributed by atoms with Gasteiger partial charge in [-0.1, -0.05) is 0 Å². The summed E-state index contributed by atoms with van der Waals surface area (Å²) in [6.07, 6.45) is 0.311. The molecule has 90 valence electrons. The number of hydrogen-bond acceptors (Lipinski definition) is 2. The highest BCUT2D eigenvalue weighted by molar-refractivity contribution is 5.89. The Hall–Kier alpha value is -1.98. The number of carboxylic acids is 2. The van der Waals surface area contributed by atoms with Crippen LogP contribution in [0.4, 0.5) is 8.78 Å². The van der Waals surface area contributed by atoms with Crippen molar-refractivity contribution in [2.75, 3.05) is 0 Å². The minimum Gasteiger partial charge on any atom is -0.481 e.